The number of hydrogen-bond acceptors (Lipinski definition) is 4. The van der Waals surface area contributed by atoms with Crippen LogP contribution in [-0.2, 0) is 14.3 Å². The number of esters is 1. The number of carbonyl (C=O) groups excluding carboxylic acids is 2. The van der Waals surface area contributed by atoms with E-state index in [1.54, 1.807) is 0 Å². The fourth-order valence-electron chi connectivity index (χ4n) is 0.236. The lowest BCUT2D eigenvalue weighted by atomic mass is 10.3. The lowest BCUT2D eigenvalue weighted by molar-refractivity contribution is -0.133. The summed E-state index contributed by atoms with van der Waals surface area (Å²) in [7, 11) is 1.18. The summed E-state index contributed by atoms with van der Waals surface area (Å²) in [6, 6.07) is 0. The minimum atomic E-state index is -0.738. The molecule has 0 aliphatic rings. The van der Waals surface area contributed by atoms with Crippen LogP contribution in [0.15, 0.2) is 0 Å². The molecule has 0 spiro atoms. The maximum Gasteiger partial charge on any atom is 0.352 e. The van der Waals surface area contributed by atoms with Crippen LogP contribution in [-0.4, -0.2) is 23.7 Å². The molecule has 0 aromatic rings. The van der Waals surface area contributed by atoms with Crippen molar-refractivity contribution in [1.82, 2.24) is 0 Å². The molecule has 9 heavy (non-hydrogen) atoms. The number of carbonyl (C=O) groups is 2. The second-order valence-corrected chi connectivity index (χ2v) is 1.79. The molecular formula is C5H6O3S. The predicted molar refractivity (Wildman–Crippen MR) is 35.3 cm³/mol. The van der Waals surface area contributed by atoms with Crippen LogP contribution in [0.5, 0.6) is 0 Å². The molecule has 0 aliphatic heterocycles. The second kappa shape index (κ2) is 3.29. The Labute approximate surface area is 58.0 Å². The first-order valence-electron chi connectivity index (χ1n) is 2.22. The molecule has 0 aliphatic carbocycles. The molecule has 0 unspecified atom stereocenters. The fraction of sp³-hybridized carbons (Fsp3) is 0.400. The maximum absolute atomic E-state index is 10.4. The normalized spacial score (nSPS) is 8.22. The van der Waals surface area contributed by atoms with Crippen molar-refractivity contribution in [2.24, 2.45) is 0 Å². The molecule has 4 heteroatoms. The highest BCUT2D eigenvalue weighted by Crippen LogP contribution is 1.83. The van der Waals surface area contributed by atoms with Gasteiger partial charge >= 0.3 is 5.97 Å². The van der Waals surface area contributed by atoms with Crippen molar-refractivity contribution in [2.75, 3.05) is 7.11 Å². The Morgan fingerprint density at radius 1 is 1.44 bits per heavy atom. The number of ketones is 1. The number of ether oxygens (including phenoxy) is 1. The van der Waals surface area contributed by atoms with E-state index in [0.29, 0.717) is 0 Å². The van der Waals surface area contributed by atoms with E-state index in [4.69, 9.17) is 0 Å². The van der Waals surface area contributed by atoms with Gasteiger partial charge in [-0.2, -0.15) is 0 Å². The molecule has 0 saturated carbocycles. The highest BCUT2D eigenvalue weighted by molar-refractivity contribution is 7.83. The third-order valence-electron chi connectivity index (χ3n) is 0.691. The molecule has 50 valence electrons. The molecule has 0 aromatic heterocycles. The van der Waals surface area contributed by atoms with Crippen molar-refractivity contribution in [3.8, 4) is 0 Å². The van der Waals surface area contributed by atoms with Crippen molar-refractivity contribution < 1.29 is 14.3 Å². The third-order valence-corrected chi connectivity index (χ3v) is 1.14. The minimum Gasteiger partial charge on any atom is -0.465 e. The van der Waals surface area contributed by atoms with E-state index >= 15 is 0 Å². The Balaban J connectivity index is 4.05. The van der Waals surface area contributed by atoms with Gasteiger partial charge in [-0.3, -0.25) is 4.79 Å². The first-order valence-corrected chi connectivity index (χ1v) is 2.63. The Hall–Kier alpha value is -0.770. The first-order chi connectivity index (χ1) is 4.09. The van der Waals surface area contributed by atoms with E-state index in [2.05, 4.69) is 17.0 Å². The molecule has 0 saturated heterocycles. The SMILES string of the molecule is COC(=O)C(=S)C(C)=O. The van der Waals surface area contributed by atoms with E-state index in [9.17, 15) is 9.59 Å². The Kier molecular flexibility index (Phi) is 3.01. The van der Waals surface area contributed by atoms with Gasteiger partial charge in [-0.15, -0.1) is 0 Å². The Morgan fingerprint density at radius 3 is 2.00 bits per heavy atom. The van der Waals surface area contributed by atoms with Crippen molar-refractivity contribution in [2.45, 2.75) is 6.92 Å². The monoisotopic (exact) mass is 146 g/mol. The Bertz CT molecular complexity index is 162. The van der Waals surface area contributed by atoms with Crippen LogP contribution in [0, 0.1) is 0 Å². The summed E-state index contributed by atoms with van der Waals surface area (Å²) >= 11 is 4.38. The molecule has 0 rings (SSSR count). The van der Waals surface area contributed by atoms with E-state index in [0.717, 1.165) is 0 Å². The average Bonchev–Trinajstić information content (AvgIpc) is 1.84. The lowest BCUT2D eigenvalue weighted by Crippen LogP contribution is -2.20. The highest BCUT2D eigenvalue weighted by Gasteiger charge is 2.12. The first kappa shape index (κ1) is 8.23. The van der Waals surface area contributed by atoms with Gasteiger partial charge in [0, 0.05) is 6.92 Å². The molecule has 0 aromatic carbocycles. The van der Waals surface area contributed by atoms with Gasteiger partial charge in [-0.05, 0) is 0 Å². The van der Waals surface area contributed by atoms with Crippen molar-refractivity contribution in [3.05, 3.63) is 0 Å². The standard InChI is InChI=1S/C5H6O3S/c1-3(6)4(9)5(7)8-2/h1-2H3. The zero-order chi connectivity index (χ0) is 7.44. The van der Waals surface area contributed by atoms with Crippen molar-refractivity contribution >= 4 is 28.8 Å². The predicted octanol–water partition coefficient (Wildman–Crippen LogP) is 0.118. The van der Waals surface area contributed by atoms with Gasteiger partial charge < -0.3 is 4.74 Å². The van der Waals surface area contributed by atoms with Crippen LogP contribution in [0.25, 0.3) is 0 Å². The van der Waals surface area contributed by atoms with Gasteiger partial charge in [0.15, 0.2) is 10.6 Å². The van der Waals surface area contributed by atoms with E-state index in [1.807, 2.05) is 0 Å². The summed E-state index contributed by atoms with van der Waals surface area (Å²) in [4.78, 5) is 20.4. The summed E-state index contributed by atoms with van der Waals surface area (Å²) in [5.41, 5.74) is 0. The molecule has 3 nitrogen and oxygen atoms in total. The Morgan fingerprint density at radius 2 is 1.89 bits per heavy atom. The van der Waals surface area contributed by atoms with Crippen LogP contribution >= 0.6 is 12.2 Å². The lowest BCUT2D eigenvalue weighted by Gasteiger charge is -1.93. The third kappa shape index (κ3) is 2.32. The van der Waals surface area contributed by atoms with E-state index in [1.165, 1.54) is 14.0 Å². The molecule has 0 bridgehead atoms. The van der Waals surface area contributed by atoms with Crippen LogP contribution in [0.4, 0.5) is 0 Å². The van der Waals surface area contributed by atoms with Crippen molar-refractivity contribution in [3.63, 3.8) is 0 Å². The van der Waals surface area contributed by atoms with Crippen LogP contribution in [0.2, 0.25) is 0 Å². The maximum atomic E-state index is 10.4. The molecule has 0 amide bonds. The van der Waals surface area contributed by atoms with Gasteiger partial charge in [0.1, 0.15) is 0 Å². The molecule has 0 N–H and O–H groups in total. The molecule has 0 heterocycles. The summed E-state index contributed by atoms with van der Waals surface area (Å²) in [6.07, 6.45) is 0. The minimum absolute atomic E-state index is 0.280. The number of methoxy groups -OCH3 is 1. The van der Waals surface area contributed by atoms with Crippen LogP contribution < -0.4 is 0 Å². The molecule has 0 atom stereocenters. The quantitative estimate of drug-likeness (QED) is 0.315. The molecular weight excluding hydrogens is 140 g/mol. The number of thiocarbonyl (C=S) groups is 1. The topological polar surface area (TPSA) is 43.4 Å². The smallest absolute Gasteiger partial charge is 0.352 e. The van der Waals surface area contributed by atoms with Gasteiger partial charge in [0.05, 0.1) is 7.11 Å². The van der Waals surface area contributed by atoms with Crippen LogP contribution in [0.1, 0.15) is 6.92 Å². The summed E-state index contributed by atoms with van der Waals surface area (Å²) < 4.78 is 4.17. The van der Waals surface area contributed by atoms with Crippen LogP contribution in [0.3, 0.4) is 0 Å². The van der Waals surface area contributed by atoms with Gasteiger partial charge in [-0.25, -0.2) is 4.79 Å². The second-order valence-electron chi connectivity index (χ2n) is 1.38. The number of rotatable bonds is 2. The van der Waals surface area contributed by atoms with E-state index in [-0.39, 0.29) is 4.86 Å². The summed E-state index contributed by atoms with van der Waals surface area (Å²) in [5.74, 6) is -1.17. The van der Waals surface area contributed by atoms with E-state index < -0.39 is 11.8 Å². The zero-order valence-electron chi connectivity index (χ0n) is 5.13. The average molecular weight is 146 g/mol. The zero-order valence-corrected chi connectivity index (χ0v) is 5.95. The highest BCUT2D eigenvalue weighted by atomic mass is 32.1. The number of hydrogen-bond donors (Lipinski definition) is 0. The summed E-state index contributed by atoms with van der Waals surface area (Å²) in [6.45, 7) is 1.22. The van der Waals surface area contributed by atoms with Gasteiger partial charge in [-0.1, -0.05) is 12.2 Å². The summed E-state index contributed by atoms with van der Waals surface area (Å²) in [5, 5.41) is 0. The van der Waals surface area contributed by atoms with Crippen molar-refractivity contribution in [1.29, 1.82) is 0 Å². The number of Topliss-reactive ketones (excluding diaryl/α,β-unsaturated/α-hetero) is 1. The molecule has 0 radical (unpaired) electrons. The van der Waals surface area contributed by atoms with Gasteiger partial charge in [0.25, 0.3) is 0 Å². The largest absolute Gasteiger partial charge is 0.465 e. The molecule has 0 fully saturated rings. The van der Waals surface area contributed by atoms with Gasteiger partial charge in [0.2, 0.25) is 0 Å². The fourth-order valence-corrected chi connectivity index (χ4v) is 0.320.